The number of carbonyl (C=O) groups is 1. The van der Waals surface area contributed by atoms with Crippen molar-refractivity contribution in [1.29, 1.82) is 0 Å². The van der Waals surface area contributed by atoms with Gasteiger partial charge in [-0.15, -0.1) is 5.10 Å². The quantitative estimate of drug-likeness (QED) is 0.304. The van der Waals surface area contributed by atoms with Crippen molar-refractivity contribution < 1.29 is 31.1 Å². The summed E-state index contributed by atoms with van der Waals surface area (Å²) in [5, 5.41) is 4.95. The highest BCUT2D eigenvalue weighted by Gasteiger charge is 2.48. The molecule has 14 heteroatoms. The van der Waals surface area contributed by atoms with Crippen molar-refractivity contribution in [2.45, 2.75) is 77.3 Å². The van der Waals surface area contributed by atoms with Crippen LogP contribution in [0, 0.1) is 11.3 Å². The monoisotopic (exact) mass is 651 g/mol. The van der Waals surface area contributed by atoms with Gasteiger partial charge in [0.05, 0.1) is 23.9 Å². The van der Waals surface area contributed by atoms with Gasteiger partial charge in [-0.05, 0) is 63.4 Å². The van der Waals surface area contributed by atoms with Crippen molar-refractivity contribution in [1.82, 2.24) is 19.5 Å². The third-order valence-electron chi connectivity index (χ3n) is 7.79. The highest BCUT2D eigenvalue weighted by atomic mass is 32.2. The molecule has 240 valence electrons. The molecular formula is C30H40F3N5O4SSi. The first-order valence-corrected chi connectivity index (χ1v) is 19.3. The predicted octanol–water partition coefficient (Wildman–Crippen LogP) is 5.52. The Morgan fingerprint density at radius 1 is 1.11 bits per heavy atom. The van der Waals surface area contributed by atoms with Crippen molar-refractivity contribution in [2.75, 3.05) is 18.1 Å². The van der Waals surface area contributed by atoms with Crippen LogP contribution in [0.25, 0.3) is 5.82 Å². The van der Waals surface area contributed by atoms with Crippen LogP contribution in [-0.2, 0) is 10.0 Å². The predicted molar refractivity (Wildman–Crippen MR) is 166 cm³/mol. The van der Waals surface area contributed by atoms with E-state index in [2.05, 4.69) is 16.7 Å². The van der Waals surface area contributed by atoms with Crippen LogP contribution < -0.4 is 19.5 Å². The van der Waals surface area contributed by atoms with Gasteiger partial charge in [-0.3, -0.25) is 4.79 Å². The number of sulfonamides is 1. The smallest absolute Gasteiger partial charge is 0.397 e. The summed E-state index contributed by atoms with van der Waals surface area (Å²) in [4.78, 5) is 20.5. The molecule has 0 radical (unpaired) electrons. The lowest BCUT2D eigenvalue weighted by molar-refractivity contribution is -0.219. The minimum absolute atomic E-state index is 0.0187. The molecule has 2 aromatic heterocycles. The summed E-state index contributed by atoms with van der Waals surface area (Å²) < 4.78 is 75.9. The molecule has 0 saturated carbocycles. The lowest BCUT2D eigenvalue weighted by Crippen LogP contribution is -2.44. The molecule has 3 heterocycles. The average molecular weight is 652 g/mol. The first-order chi connectivity index (χ1) is 20.1. The Hall–Kier alpha value is -3.39. The maximum absolute atomic E-state index is 13.7. The number of carbonyl (C=O) groups excluding carboxylic acids is 1. The summed E-state index contributed by atoms with van der Waals surface area (Å²) in [7, 11) is -6.29. The summed E-state index contributed by atoms with van der Waals surface area (Å²) >= 11 is 0. The van der Waals surface area contributed by atoms with Crippen LogP contribution in [0.3, 0.4) is 0 Å². The van der Waals surface area contributed by atoms with Gasteiger partial charge in [-0.25, -0.2) is 22.8 Å². The van der Waals surface area contributed by atoms with E-state index in [1.807, 2.05) is 38.4 Å². The molecule has 1 aliphatic heterocycles. The highest BCUT2D eigenvalue weighted by Crippen LogP contribution is 2.39. The minimum atomic E-state index is -4.45. The second-order valence-electron chi connectivity index (χ2n) is 13.7. The molecule has 0 spiro atoms. The van der Waals surface area contributed by atoms with E-state index >= 15 is 0 Å². The van der Waals surface area contributed by atoms with Crippen LogP contribution in [0.4, 0.5) is 19.0 Å². The van der Waals surface area contributed by atoms with Crippen LogP contribution in [0.15, 0.2) is 53.6 Å². The molecule has 3 aromatic rings. The van der Waals surface area contributed by atoms with Gasteiger partial charge < -0.3 is 9.64 Å². The van der Waals surface area contributed by atoms with E-state index in [4.69, 9.17) is 9.72 Å². The van der Waals surface area contributed by atoms with E-state index in [1.54, 1.807) is 18.2 Å². The Bertz CT molecular complexity index is 1650. The second kappa shape index (κ2) is 11.5. The first kappa shape index (κ1) is 33.5. The molecular weight excluding hydrogens is 612 g/mol. The lowest BCUT2D eigenvalue weighted by atomic mass is 9.94. The van der Waals surface area contributed by atoms with E-state index in [0.717, 1.165) is 20.3 Å². The molecule has 9 nitrogen and oxygen atoms in total. The largest absolute Gasteiger partial charge is 0.476 e. The number of nitrogens with one attached hydrogen (secondary N) is 1. The van der Waals surface area contributed by atoms with Crippen molar-refractivity contribution in [2.24, 2.45) is 11.3 Å². The number of alkyl halides is 3. The highest BCUT2D eigenvalue weighted by molar-refractivity contribution is 7.90. The zero-order valence-corrected chi connectivity index (χ0v) is 28.1. The number of aromatic nitrogens is 3. The Balaban J connectivity index is 1.70. The summed E-state index contributed by atoms with van der Waals surface area (Å²) in [5.74, 6) is -0.00295. The fourth-order valence-electron chi connectivity index (χ4n) is 5.31. The molecule has 4 rings (SSSR count). The van der Waals surface area contributed by atoms with Gasteiger partial charge in [-0.2, -0.15) is 13.2 Å². The molecule has 0 bridgehead atoms. The number of ether oxygens (including phenoxy) is 1. The number of rotatable bonds is 9. The SMILES string of the molecule is C[C@@H]1CN(c2nc(-n3ccc(OCC(C)(C)C(F)(F)F)n3)ccc2C(=O)NS(=O)(=O)c2ccccc2[Si](C)(C)C)C(C)(C)C1. The normalized spacial score (nSPS) is 17.5. The maximum atomic E-state index is 13.7. The van der Waals surface area contributed by atoms with E-state index in [0.29, 0.717) is 11.7 Å². The molecule has 1 aliphatic rings. The summed E-state index contributed by atoms with van der Waals surface area (Å²) in [5.41, 5.74) is -2.41. The fourth-order valence-corrected chi connectivity index (χ4v) is 9.13. The number of halogens is 3. The third kappa shape index (κ3) is 6.95. The minimum Gasteiger partial charge on any atom is -0.476 e. The zero-order valence-electron chi connectivity index (χ0n) is 26.3. The van der Waals surface area contributed by atoms with Crippen molar-refractivity contribution in [3.63, 3.8) is 0 Å². The van der Waals surface area contributed by atoms with Crippen molar-refractivity contribution in [3.05, 3.63) is 54.2 Å². The van der Waals surface area contributed by atoms with Crippen molar-refractivity contribution in [3.8, 4) is 11.7 Å². The number of hydrogen-bond acceptors (Lipinski definition) is 7. The number of anilines is 1. The standard InChI is InChI=1S/C30H40F3N5O4SSi/c1-20-17-29(4,5)37(18-20)26-21(27(39)36-43(40,41)22-11-9-10-12-23(22)44(6,7)8)13-14-24(34-26)38-16-15-25(35-38)42-19-28(2,3)30(31,32)33/h9-16,20H,17-19H2,1-8H3,(H,36,39)/t20-/m0/s1. The molecule has 1 N–H and O–H groups in total. The number of amides is 1. The lowest BCUT2D eigenvalue weighted by Gasteiger charge is -2.34. The van der Waals surface area contributed by atoms with Crippen LogP contribution in [0.2, 0.25) is 19.6 Å². The Labute approximate surface area is 257 Å². The van der Waals surface area contributed by atoms with Crippen molar-refractivity contribution >= 4 is 35.0 Å². The molecule has 0 unspecified atom stereocenters. The molecule has 1 aromatic carbocycles. The molecule has 1 atom stereocenters. The molecule has 44 heavy (non-hydrogen) atoms. The van der Waals surface area contributed by atoms with Crippen LogP contribution in [-0.4, -0.2) is 62.0 Å². The van der Waals surface area contributed by atoms with Gasteiger partial charge in [0.2, 0.25) is 5.88 Å². The van der Waals surface area contributed by atoms with Crippen LogP contribution in [0.5, 0.6) is 5.88 Å². The van der Waals surface area contributed by atoms with Gasteiger partial charge in [0, 0.05) is 24.3 Å². The van der Waals surface area contributed by atoms with Crippen LogP contribution >= 0.6 is 0 Å². The Morgan fingerprint density at radius 2 is 1.77 bits per heavy atom. The second-order valence-corrected chi connectivity index (χ2v) is 20.4. The van der Waals surface area contributed by atoms with Gasteiger partial charge in [0.15, 0.2) is 5.82 Å². The third-order valence-corrected chi connectivity index (χ3v) is 11.4. The van der Waals surface area contributed by atoms with Gasteiger partial charge >= 0.3 is 6.18 Å². The molecule has 1 saturated heterocycles. The van der Waals surface area contributed by atoms with E-state index in [9.17, 15) is 26.4 Å². The summed E-state index contributed by atoms with van der Waals surface area (Å²) in [6.45, 7) is 14.3. The Kier molecular flexibility index (Phi) is 8.77. The summed E-state index contributed by atoms with van der Waals surface area (Å²) in [6.07, 6.45) is -2.14. The average Bonchev–Trinajstić information content (AvgIpc) is 3.48. The number of pyridine rings is 1. The van der Waals surface area contributed by atoms with E-state index < -0.39 is 47.7 Å². The van der Waals surface area contributed by atoms with Crippen LogP contribution in [0.1, 0.15) is 51.4 Å². The Morgan fingerprint density at radius 3 is 2.36 bits per heavy atom. The fraction of sp³-hybridized carbons (Fsp3) is 0.500. The molecule has 0 aliphatic carbocycles. The number of nitrogens with zero attached hydrogens (tertiary/aromatic N) is 4. The van der Waals surface area contributed by atoms with Gasteiger partial charge in [0.1, 0.15) is 12.4 Å². The number of hydrogen-bond donors (Lipinski definition) is 1. The topological polar surface area (TPSA) is 106 Å². The maximum Gasteiger partial charge on any atom is 0.397 e. The van der Waals surface area contributed by atoms with Gasteiger partial charge in [-0.1, -0.05) is 44.8 Å². The number of benzene rings is 1. The zero-order chi connectivity index (χ0) is 32.9. The van der Waals surface area contributed by atoms with E-state index in [-0.39, 0.29) is 33.9 Å². The molecule has 1 amide bonds. The first-order valence-electron chi connectivity index (χ1n) is 14.3. The molecule has 1 fully saturated rings. The summed E-state index contributed by atoms with van der Waals surface area (Å²) in [6, 6.07) is 11.1. The van der Waals surface area contributed by atoms with Gasteiger partial charge in [0.25, 0.3) is 15.9 Å². The van der Waals surface area contributed by atoms with E-state index in [1.165, 1.54) is 35.1 Å².